The number of aromatic nitrogens is 3. The van der Waals surface area contributed by atoms with Gasteiger partial charge in [0.2, 0.25) is 0 Å². The molecule has 0 aliphatic heterocycles. The van der Waals surface area contributed by atoms with E-state index in [9.17, 15) is 17.7 Å². The number of nitrogens with zero attached hydrogens (tertiary/aromatic N) is 2. The van der Waals surface area contributed by atoms with Crippen molar-refractivity contribution in [3.8, 4) is 11.5 Å². The van der Waals surface area contributed by atoms with Crippen LogP contribution < -0.4 is 9.47 Å². The second-order valence-electron chi connectivity index (χ2n) is 5.80. The quantitative estimate of drug-likeness (QED) is 0.660. The second kappa shape index (κ2) is 7.28. The van der Waals surface area contributed by atoms with Crippen LogP contribution in [0, 0.1) is 13.8 Å². The lowest BCUT2D eigenvalue weighted by molar-refractivity contribution is -0.274. The molecule has 1 unspecified atom stereocenters. The Kier molecular flexibility index (Phi) is 5.20. The van der Waals surface area contributed by atoms with Crippen molar-refractivity contribution in [3.05, 3.63) is 41.2 Å². The van der Waals surface area contributed by atoms with Gasteiger partial charge in [0.1, 0.15) is 11.5 Å². The molecule has 1 atom stereocenters. The smallest absolute Gasteiger partial charge is 0.573 e. The largest absolute Gasteiger partial charge is 0.609 e. The molecule has 1 aromatic carbocycles. The van der Waals surface area contributed by atoms with Crippen LogP contribution in [0.3, 0.4) is 0 Å². The van der Waals surface area contributed by atoms with Gasteiger partial charge in [-0.25, -0.2) is 0 Å². The summed E-state index contributed by atoms with van der Waals surface area (Å²) in [5.74, 6) is 0.379. The van der Waals surface area contributed by atoms with Crippen molar-refractivity contribution >= 4 is 22.2 Å². The number of hydrogen-bond acceptors (Lipinski definition) is 5. The number of rotatable bonds is 5. The minimum absolute atomic E-state index is 0.0915. The van der Waals surface area contributed by atoms with E-state index < -0.39 is 17.5 Å². The van der Waals surface area contributed by atoms with Crippen LogP contribution in [-0.2, 0) is 16.9 Å². The molecule has 0 radical (unpaired) electrons. The van der Waals surface area contributed by atoms with Gasteiger partial charge >= 0.3 is 11.5 Å². The van der Waals surface area contributed by atoms with E-state index >= 15 is 0 Å². The van der Waals surface area contributed by atoms with Crippen LogP contribution in [0.1, 0.15) is 16.8 Å². The lowest BCUT2D eigenvalue weighted by Crippen LogP contribution is -2.16. The lowest BCUT2D eigenvalue weighted by Gasteiger charge is -2.13. The number of hydrogen-bond donors (Lipinski definition) is 1. The Morgan fingerprint density at radius 1 is 1.26 bits per heavy atom. The summed E-state index contributed by atoms with van der Waals surface area (Å²) in [5, 5.41) is 0.148. The Morgan fingerprint density at radius 2 is 2.00 bits per heavy atom. The van der Waals surface area contributed by atoms with E-state index in [0.29, 0.717) is 17.0 Å². The topological polar surface area (TPSA) is 83.1 Å². The van der Waals surface area contributed by atoms with Gasteiger partial charge in [-0.05, 0) is 26.0 Å². The number of H-pyrrole nitrogens is 1. The minimum Gasteiger partial charge on any atom is -0.609 e. The van der Waals surface area contributed by atoms with Crippen LogP contribution in [0.25, 0.3) is 11.0 Å². The number of pyridine rings is 1. The summed E-state index contributed by atoms with van der Waals surface area (Å²) < 4.78 is 58.9. The van der Waals surface area contributed by atoms with E-state index in [0.717, 1.165) is 23.3 Å². The SMILES string of the molecule is COc1c(C)cnc(C[S+]([O-])c2nc3cc(OC(F)(F)F)ccc3[nH]2)c1C. The Morgan fingerprint density at radius 3 is 2.67 bits per heavy atom. The summed E-state index contributed by atoms with van der Waals surface area (Å²) in [5.41, 5.74) is 2.93. The van der Waals surface area contributed by atoms with Crippen molar-refractivity contribution in [3.63, 3.8) is 0 Å². The predicted octanol–water partition coefficient (Wildman–Crippen LogP) is 3.79. The highest BCUT2D eigenvalue weighted by Crippen LogP contribution is 2.28. The van der Waals surface area contributed by atoms with Gasteiger partial charge in [0.25, 0.3) is 0 Å². The first-order chi connectivity index (χ1) is 12.7. The van der Waals surface area contributed by atoms with Gasteiger partial charge in [-0.15, -0.1) is 13.2 Å². The van der Waals surface area contributed by atoms with E-state index in [1.807, 2.05) is 13.8 Å². The molecule has 3 rings (SSSR count). The molecular weight excluding hydrogens is 383 g/mol. The van der Waals surface area contributed by atoms with Gasteiger partial charge < -0.3 is 14.0 Å². The summed E-state index contributed by atoms with van der Waals surface area (Å²) in [6.45, 7) is 3.68. The van der Waals surface area contributed by atoms with Crippen LogP contribution in [0.2, 0.25) is 0 Å². The number of methoxy groups -OCH3 is 1. The van der Waals surface area contributed by atoms with Crippen molar-refractivity contribution in [1.82, 2.24) is 15.0 Å². The lowest BCUT2D eigenvalue weighted by atomic mass is 10.1. The van der Waals surface area contributed by atoms with Crippen molar-refractivity contribution in [2.75, 3.05) is 7.11 Å². The Balaban J connectivity index is 1.85. The maximum Gasteiger partial charge on any atom is 0.573 e. The second-order valence-corrected chi connectivity index (χ2v) is 7.17. The first-order valence-corrected chi connectivity index (χ1v) is 9.13. The fraction of sp³-hybridized carbons (Fsp3) is 0.294. The average molecular weight is 399 g/mol. The standard InChI is InChI=1S/C17H16F3N3O3S/c1-9-7-21-14(10(2)15(9)25-3)8-27(24)16-22-12-5-4-11(6-13(12)23-16)26-17(18,19)20/h4-7H,8H2,1-3H3,(H,22,23). The molecule has 0 aliphatic carbocycles. The van der Waals surface area contributed by atoms with E-state index in [4.69, 9.17) is 4.74 Å². The van der Waals surface area contributed by atoms with Gasteiger partial charge in [0, 0.05) is 34.6 Å². The zero-order valence-corrected chi connectivity index (χ0v) is 15.5. The van der Waals surface area contributed by atoms with Crippen LogP contribution in [0.5, 0.6) is 11.5 Å². The molecule has 0 aliphatic rings. The van der Waals surface area contributed by atoms with Crippen LogP contribution in [0.15, 0.2) is 29.6 Å². The molecule has 2 heterocycles. The monoisotopic (exact) mass is 399 g/mol. The van der Waals surface area contributed by atoms with Gasteiger partial charge in [0.15, 0.2) is 5.75 Å². The molecule has 0 spiro atoms. The number of imidazole rings is 1. The molecule has 6 nitrogen and oxygen atoms in total. The molecule has 0 saturated heterocycles. The van der Waals surface area contributed by atoms with Gasteiger partial charge in [-0.3, -0.25) is 9.97 Å². The summed E-state index contributed by atoms with van der Waals surface area (Å²) in [6, 6.07) is 3.69. The highest BCUT2D eigenvalue weighted by atomic mass is 32.2. The average Bonchev–Trinajstić information content (AvgIpc) is 3.00. The third-order valence-electron chi connectivity index (χ3n) is 3.90. The highest BCUT2D eigenvalue weighted by Gasteiger charge is 2.31. The predicted molar refractivity (Wildman–Crippen MR) is 93.2 cm³/mol. The van der Waals surface area contributed by atoms with Gasteiger partial charge in [-0.1, -0.05) is 0 Å². The minimum atomic E-state index is -4.79. The zero-order chi connectivity index (χ0) is 19.8. The van der Waals surface area contributed by atoms with Crippen LogP contribution in [0.4, 0.5) is 13.2 Å². The number of nitrogens with one attached hydrogen (secondary N) is 1. The summed E-state index contributed by atoms with van der Waals surface area (Å²) in [4.78, 5) is 11.3. The summed E-state index contributed by atoms with van der Waals surface area (Å²) in [6.07, 6.45) is -3.15. The number of ether oxygens (including phenoxy) is 2. The molecule has 0 bridgehead atoms. The van der Waals surface area contributed by atoms with Crippen LogP contribution in [-0.4, -0.2) is 33.0 Å². The normalized spacial score (nSPS) is 13.0. The molecule has 1 N–H and O–H groups in total. The summed E-state index contributed by atoms with van der Waals surface area (Å²) >= 11 is -1.57. The number of aryl methyl sites for hydroxylation is 1. The van der Waals surface area contributed by atoms with Crippen molar-refractivity contribution in [2.24, 2.45) is 0 Å². The molecule has 0 fully saturated rings. The van der Waals surface area contributed by atoms with Crippen molar-refractivity contribution < 1.29 is 27.2 Å². The number of benzene rings is 1. The fourth-order valence-corrected chi connectivity index (χ4v) is 3.78. The van der Waals surface area contributed by atoms with Gasteiger partial charge in [0.05, 0.1) is 23.8 Å². The van der Waals surface area contributed by atoms with Crippen LogP contribution >= 0.6 is 0 Å². The Labute approximate surface area is 155 Å². The maximum atomic E-state index is 12.7. The molecule has 0 saturated carbocycles. The number of aromatic amines is 1. The molecule has 3 aromatic rings. The maximum absolute atomic E-state index is 12.7. The first kappa shape index (κ1) is 19.3. The Bertz CT molecular complexity index is 975. The molecule has 0 amide bonds. The number of halogens is 3. The third kappa shape index (κ3) is 4.28. The van der Waals surface area contributed by atoms with E-state index in [1.165, 1.54) is 6.07 Å². The fourth-order valence-electron chi connectivity index (χ4n) is 2.68. The van der Waals surface area contributed by atoms with E-state index in [2.05, 4.69) is 19.7 Å². The molecule has 144 valence electrons. The zero-order valence-electron chi connectivity index (χ0n) is 14.7. The third-order valence-corrected chi connectivity index (χ3v) is 5.06. The summed E-state index contributed by atoms with van der Waals surface area (Å²) in [7, 11) is 1.55. The first-order valence-electron chi connectivity index (χ1n) is 7.81. The molecular formula is C17H16F3N3O3S. The highest BCUT2D eigenvalue weighted by molar-refractivity contribution is 7.90. The molecule has 27 heavy (non-hydrogen) atoms. The van der Waals surface area contributed by atoms with Crippen molar-refractivity contribution in [1.29, 1.82) is 0 Å². The molecule has 2 aromatic heterocycles. The van der Waals surface area contributed by atoms with E-state index in [1.54, 1.807) is 13.3 Å². The Hall–Kier alpha value is -2.46. The van der Waals surface area contributed by atoms with E-state index in [-0.39, 0.29) is 22.2 Å². The number of alkyl halides is 3. The van der Waals surface area contributed by atoms with Crippen molar-refractivity contribution in [2.45, 2.75) is 31.1 Å². The molecule has 10 heteroatoms. The van der Waals surface area contributed by atoms with Gasteiger partial charge in [-0.2, -0.15) is 4.98 Å². The number of fused-ring (bicyclic) bond motifs is 1.